The maximum atomic E-state index is 11.8. The number of amides is 1. The summed E-state index contributed by atoms with van der Waals surface area (Å²) >= 11 is 5.75. The minimum Gasteiger partial charge on any atom is -0.506 e. The molecule has 0 unspecified atom stereocenters. The van der Waals surface area contributed by atoms with E-state index in [9.17, 15) is 9.90 Å². The SMILES string of the molecule is Cc1cc(Cl)nc(NC(=O)c2cncc(O)c2)n1. The van der Waals surface area contributed by atoms with Gasteiger partial charge in [-0.05, 0) is 19.1 Å². The molecule has 6 nitrogen and oxygen atoms in total. The number of rotatable bonds is 2. The van der Waals surface area contributed by atoms with Crippen molar-refractivity contribution < 1.29 is 9.90 Å². The first-order chi connectivity index (χ1) is 8.54. The van der Waals surface area contributed by atoms with Gasteiger partial charge >= 0.3 is 0 Å². The van der Waals surface area contributed by atoms with Gasteiger partial charge in [-0.1, -0.05) is 11.6 Å². The second-order valence-electron chi connectivity index (χ2n) is 3.54. The Hall–Kier alpha value is -2.21. The Labute approximate surface area is 108 Å². The van der Waals surface area contributed by atoms with E-state index in [1.807, 2.05) is 0 Å². The van der Waals surface area contributed by atoms with E-state index in [4.69, 9.17) is 11.6 Å². The summed E-state index contributed by atoms with van der Waals surface area (Å²) in [5, 5.41) is 11.9. The highest BCUT2D eigenvalue weighted by molar-refractivity contribution is 6.29. The van der Waals surface area contributed by atoms with E-state index in [2.05, 4.69) is 20.3 Å². The standard InChI is InChI=1S/C11H9ClN4O2/c1-6-2-9(12)15-11(14-6)16-10(18)7-3-8(17)5-13-4-7/h2-5,17H,1H3,(H,14,15,16,18). The van der Waals surface area contributed by atoms with Gasteiger partial charge in [0.2, 0.25) is 5.95 Å². The molecule has 0 aliphatic heterocycles. The first-order valence-corrected chi connectivity index (χ1v) is 5.39. The second kappa shape index (κ2) is 4.97. The van der Waals surface area contributed by atoms with Crippen molar-refractivity contribution >= 4 is 23.5 Å². The van der Waals surface area contributed by atoms with Crippen LogP contribution >= 0.6 is 11.6 Å². The molecule has 0 aliphatic rings. The van der Waals surface area contributed by atoms with Crippen LogP contribution in [0.1, 0.15) is 16.1 Å². The molecule has 92 valence electrons. The summed E-state index contributed by atoms with van der Waals surface area (Å²) in [5.41, 5.74) is 0.843. The highest BCUT2D eigenvalue weighted by atomic mass is 35.5. The number of aromatic hydroxyl groups is 1. The average Bonchev–Trinajstić information content (AvgIpc) is 2.27. The third-order valence-electron chi connectivity index (χ3n) is 2.03. The van der Waals surface area contributed by atoms with E-state index in [0.29, 0.717) is 5.69 Å². The zero-order valence-electron chi connectivity index (χ0n) is 9.38. The van der Waals surface area contributed by atoms with E-state index >= 15 is 0 Å². The molecule has 0 saturated carbocycles. The van der Waals surface area contributed by atoms with Gasteiger partial charge in [-0.3, -0.25) is 15.1 Å². The zero-order chi connectivity index (χ0) is 13.1. The summed E-state index contributed by atoms with van der Waals surface area (Å²) in [6.45, 7) is 1.74. The van der Waals surface area contributed by atoms with E-state index in [0.717, 1.165) is 0 Å². The molecule has 0 atom stereocenters. The van der Waals surface area contributed by atoms with Gasteiger partial charge in [0.25, 0.3) is 5.91 Å². The van der Waals surface area contributed by atoms with Crippen molar-refractivity contribution in [1.82, 2.24) is 15.0 Å². The number of nitrogens with zero attached hydrogens (tertiary/aromatic N) is 3. The van der Waals surface area contributed by atoms with Crippen LogP contribution in [0.4, 0.5) is 5.95 Å². The molecule has 2 N–H and O–H groups in total. The molecule has 0 saturated heterocycles. The fourth-order valence-electron chi connectivity index (χ4n) is 1.31. The molecule has 2 aromatic heterocycles. The van der Waals surface area contributed by atoms with Crippen molar-refractivity contribution in [3.05, 3.63) is 40.9 Å². The molecular formula is C11H9ClN4O2. The highest BCUT2D eigenvalue weighted by Crippen LogP contribution is 2.12. The summed E-state index contributed by atoms with van der Waals surface area (Å²) in [5.74, 6) is -0.459. The van der Waals surface area contributed by atoms with Gasteiger partial charge in [0.05, 0.1) is 11.8 Å². The Balaban J connectivity index is 2.21. The lowest BCUT2D eigenvalue weighted by Gasteiger charge is -2.04. The van der Waals surface area contributed by atoms with Crippen LogP contribution in [0.3, 0.4) is 0 Å². The smallest absolute Gasteiger partial charge is 0.259 e. The number of aromatic nitrogens is 3. The van der Waals surface area contributed by atoms with Gasteiger partial charge in [-0.15, -0.1) is 0 Å². The molecule has 2 aromatic rings. The minimum atomic E-state index is -0.472. The fraction of sp³-hybridized carbons (Fsp3) is 0.0909. The van der Waals surface area contributed by atoms with Crippen LogP contribution in [0.2, 0.25) is 5.15 Å². The van der Waals surface area contributed by atoms with Gasteiger partial charge in [0, 0.05) is 11.9 Å². The maximum Gasteiger partial charge on any atom is 0.259 e. The first kappa shape index (κ1) is 12.3. The number of hydrogen-bond donors (Lipinski definition) is 2. The van der Waals surface area contributed by atoms with Gasteiger partial charge in [0.15, 0.2) is 0 Å². The zero-order valence-corrected chi connectivity index (χ0v) is 10.1. The van der Waals surface area contributed by atoms with Crippen molar-refractivity contribution in [2.45, 2.75) is 6.92 Å². The summed E-state index contributed by atoms with van der Waals surface area (Å²) in [7, 11) is 0. The quantitative estimate of drug-likeness (QED) is 0.808. The molecule has 1 amide bonds. The second-order valence-corrected chi connectivity index (χ2v) is 3.93. The van der Waals surface area contributed by atoms with E-state index < -0.39 is 5.91 Å². The normalized spacial score (nSPS) is 10.1. The van der Waals surface area contributed by atoms with Crippen molar-refractivity contribution in [2.24, 2.45) is 0 Å². The number of carbonyl (C=O) groups is 1. The van der Waals surface area contributed by atoms with Gasteiger partial charge in [-0.2, -0.15) is 0 Å². The Morgan fingerprint density at radius 1 is 1.33 bits per heavy atom. The number of halogens is 1. The topological polar surface area (TPSA) is 88.0 Å². The third kappa shape index (κ3) is 2.92. The summed E-state index contributed by atoms with van der Waals surface area (Å²) in [6, 6.07) is 2.87. The molecule has 18 heavy (non-hydrogen) atoms. The van der Waals surface area contributed by atoms with Gasteiger partial charge < -0.3 is 5.11 Å². The Bertz CT molecular complexity index is 583. The van der Waals surface area contributed by atoms with Crippen LogP contribution in [0, 0.1) is 6.92 Å². The largest absolute Gasteiger partial charge is 0.506 e. The molecule has 0 bridgehead atoms. The Morgan fingerprint density at radius 3 is 2.78 bits per heavy atom. The lowest BCUT2D eigenvalue weighted by atomic mass is 10.2. The van der Waals surface area contributed by atoms with E-state index in [1.54, 1.807) is 13.0 Å². The Kier molecular flexibility index (Phi) is 3.38. The number of nitrogens with one attached hydrogen (secondary N) is 1. The fourth-order valence-corrected chi connectivity index (χ4v) is 1.55. The molecule has 0 radical (unpaired) electrons. The van der Waals surface area contributed by atoms with Gasteiger partial charge in [-0.25, -0.2) is 9.97 Å². The van der Waals surface area contributed by atoms with Crippen molar-refractivity contribution in [1.29, 1.82) is 0 Å². The van der Waals surface area contributed by atoms with Gasteiger partial charge in [0.1, 0.15) is 10.9 Å². The molecule has 0 fully saturated rings. The van der Waals surface area contributed by atoms with E-state index in [1.165, 1.54) is 18.5 Å². The molecule has 2 heterocycles. The number of pyridine rings is 1. The van der Waals surface area contributed by atoms with Crippen LogP contribution in [0.25, 0.3) is 0 Å². The van der Waals surface area contributed by atoms with Crippen molar-refractivity contribution in [2.75, 3.05) is 5.32 Å². The number of aryl methyl sites for hydroxylation is 1. The van der Waals surface area contributed by atoms with Crippen molar-refractivity contribution in [3.8, 4) is 5.75 Å². The summed E-state index contributed by atoms with van der Waals surface area (Å²) < 4.78 is 0. The van der Waals surface area contributed by atoms with Crippen LogP contribution in [-0.4, -0.2) is 26.0 Å². The average molecular weight is 265 g/mol. The molecular weight excluding hydrogens is 256 g/mol. The number of anilines is 1. The summed E-state index contributed by atoms with van der Waals surface area (Å²) in [6.07, 6.45) is 2.56. The molecule has 0 spiro atoms. The summed E-state index contributed by atoms with van der Waals surface area (Å²) in [4.78, 5) is 23.4. The van der Waals surface area contributed by atoms with Crippen LogP contribution in [0.15, 0.2) is 24.5 Å². The molecule has 7 heteroatoms. The number of hydrogen-bond acceptors (Lipinski definition) is 5. The lowest BCUT2D eigenvalue weighted by Crippen LogP contribution is -2.14. The maximum absolute atomic E-state index is 11.8. The van der Waals surface area contributed by atoms with Crippen LogP contribution in [0.5, 0.6) is 5.75 Å². The minimum absolute atomic E-state index is 0.0918. The van der Waals surface area contributed by atoms with Crippen molar-refractivity contribution in [3.63, 3.8) is 0 Å². The Morgan fingerprint density at radius 2 is 2.11 bits per heavy atom. The van der Waals surface area contributed by atoms with Crippen LogP contribution < -0.4 is 5.32 Å². The monoisotopic (exact) mass is 264 g/mol. The van der Waals surface area contributed by atoms with E-state index in [-0.39, 0.29) is 22.4 Å². The number of carbonyl (C=O) groups excluding carboxylic acids is 1. The molecule has 0 aliphatic carbocycles. The lowest BCUT2D eigenvalue weighted by molar-refractivity contribution is 0.102. The predicted octanol–water partition coefficient (Wildman–Crippen LogP) is 1.79. The van der Waals surface area contributed by atoms with Crippen LogP contribution in [-0.2, 0) is 0 Å². The third-order valence-corrected chi connectivity index (χ3v) is 2.23. The first-order valence-electron chi connectivity index (χ1n) is 5.01. The molecule has 0 aromatic carbocycles. The molecule has 2 rings (SSSR count). The highest BCUT2D eigenvalue weighted by Gasteiger charge is 2.09. The predicted molar refractivity (Wildman–Crippen MR) is 65.6 cm³/mol.